The third kappa shape index (κ3) is 3.97. The molecule has 1 rings (SSSR count). The zero-order valence-electron chi connectivity index (χ0n) is 9.72. The summed E-state index contributed by atoms with van der Waals surface area (Å²) in [5, 5.41) is 3.47. The van der Waals surface area contributed by atoms with E-state index in [1.807, 2.05) is 0 Å². The lowest BCUT2D eigenvalue weighted by molar-refractivity contribution is 0.123. The molecule has 0 amide bonds. The summed E-state index contributed by atoms with van der Waals surface area (Å²) in [5.41, 5.74) is 0. The summed E-state index contributed by atoms with van der Waals surface area (Å²) in [5.74, 6) is 0.842. The van der Waals surface area contributed by atoms with Crippen LogP contribution in [0.25, 0.3) is 0 Å². The molecule has 2 nitrogen and oxygen atoms in total. The van der Waals surface area contributed by atoms with E-state index < -0.39 is 0 Å². The van der Waals surface area contributed by atoms with Crippen molar-refractivity contribution in [3.8, 4) is 0 Å². The molecule has 0 aliphatic heterocycles. The number of hydrogen-bond donors (Lipinski definition) is 1. The molecule has 1 fully saturated rings. The van der Waals surface area contributed by atoms with Gasteiger partial charge in [-0.15, -0.1) is 0 Å². The second-order valence-corrected chi connectivity index (χ2v) is 4.28. The molecule has 1 saturated carbocycles. The zero-order chi connectivity index (χ0) is 10.2. The molecule has 84 valence electrons. The number of hydrogen-bond acceptors (Lipinski definition) is 2. The lowest BCUT2D eigenvalue weighted by Crippen LogP contribution is -2.33. The third-order valence-electron chi connectivity index (χ3n) is 3.37. The van der Waals surface area contributed by atoms with Crippen molar-refractivity contribution in [3.63, 3.8) is 0 Å². The maximum Gasteiger partial charge on any atom is 0.0469 e. The second kappa shape index (κ2) is 7.24. The molecule has 0 saturated heterocycles. The van der Waals surface area contributed by atoms with Crippen LogP contribution in [-0.2, 0) is 4.74 Å². The molecule has 1 aliphatic rings. The van der Waals surface area contributed by atoms with Crippen molar-refractivity contribution in [3.05, 3.63) is 0 Å². The standard InChI is InChI=1S/C12H25NO/c1-3-14-10-9-11-7-5-4-6-8-12(11)13-2/h11-13H,3-10H2,1-2H3. The molecule has 0 heterocycles. The largest absolute Gasteiger partial charge is 0.382 e. The van der Waals surface area contributed by atoms with Crippen molar-refractivity contribution in [2.24, 2.45) is 5.92 Å². The molecule has 2 unspecified atom stereocenters. The predicted molar refractivity (Wildman–Crippen MR) is 60.5 cm³/mol. The van der Waals surface area contributed by atoms with Crippen LogP contribution in [0.15, 0.2) is 0 Å². The Labute approximate surface area is 88.4 Å². The van der Waals surface area contributed by atoms with Gasteiger partial charge in [0.1, 0.15) is 0 Å². The topological polar surface area (TPSA) is 21.3 Å². The predicted octanol–water partition coefficient (Wildman–Crippen LogP) is 2.58. The molecular weight excluding hydrogens is 174 g/mol. The normalized spacial score (nSPS) is 28.7. The molecule has 0 spiro atoms. The van der Waals surface area contributed by atoms with Crippen molar-refractivity contribution in [1.82, 2.24) is 5.32 Å². The van der Waals surface area contributed by atoms with E-state index in [2.05, 4.69) is 19.3 Å². The fraction of sp³-hybridized carbons (Fsp3) is 1.00. The van der Waals surface area contributed by atoms with Crippen LogP contribution >= 0.6 is 0 Å². The molecule has 14 heavy (non-hydrogen) atoms. The summed E-state index contributed by atoms with van der Waals surface area (Å²) in [4.78, 5) is 0. The van der Waals surface area contributed by atoms with E-state index in [0.29, 0.717) is 0 Å². The van der Waals surface area contributed by atoms with Gasteiger partial charge in [0.05, 0.1) is 0 Å². The quantitative estimate of drug-likeness (QED) is 0.543. The van der Waals surface area contributed by atoms with Crippen LogP contribution in [0, 0.1) is 5.92 Å². The third-order valence-corrected chi connectivity index (χ3v) is 3.37. The van der Waals surface area contributed by atoms with Gasteiger partial charge in [0, 0.05) is 19.3 Å². The van der Waals surface area contributed by atoms with Gasteiger partial charge in [-0.1, -0.05) is 19.3 Å². The van der Waals surface area contributed by atoms with Gasteiger partial charge in [-0.2, -0.15) is 0 Å². The van der Waals surface area contributed by atoms with Crippen LogP contribution in [-0.4, -0.2) is 26.3 Å². The van der Waals surface area contributed by atoms with Crippen molar-refractivity contribution in [2.75, 3.05) is 20.3 Å². The zero-order valence-corrected chi connectivity index (χ0v) is 9.72. The Hall–Kier alpha value is -0.0800. The maximum atomic E-state index is 5.44. The Bertz CT molecular complexity index is 138. The van der Waals surface area contributed by atoms with Crippen LogP contribution in [0.5, 0.6) is 0 Å². The van der Waals surface area contributed by atoms with Crippen LogP contribution in [0.4, 0.5) is 0 Å². The highest BCUT2D eigenvalue weighted by atomic mass is 16.5. The van der Waals surface area contributed by atoms with Crippen LogP contribution < -0.4 is 5.32 Å². The van der Waals surface area contributed by atoms with Crippen LogP contribution in [0.2, 0.25) is 0 Å². The van der Waals surface area contributed by atoms with Crippen molar-refractivity contribution < 1.29 is 4.74 Å². The molecule has 0 aromatic rings. The highest BCUT2D eigenvalue weighted by Crippen LogP contribution is 2.25. The fourth-order valence-electron chi connectivity index (χ4n) is 2.49. The smallest absolute Gasteiger partial charge is 0.0469 e. The maximum absolute atomic E-state index is 5.44. The van der Waals surface area contributed by atoms with E-state index in [1.165, 1.54) is 38.5 Å². The van der Waals surface area contributed by atoms with E-state index in [-0.39, 0.29) is 0 Å². The first-order valence-electron chi connectivity index (χ1n) is 6.13. The van der Waals surface area contributed by atoms with E-state index in [9.17, 15) is 0 Å². The minimum Gasteiger partial charge on any atom is -0.382 e. The average molecular weight is 199 g/mol. The molecule has 0 aromatic carbocycles. The van der Waals surface area contributed by atoms with Crippen LogP contribution in [0.1, 0.15) is 45.4 Å². The van der Waals surface area contributed by atoms with Gasteiger partial charge in [-0.3, -0.25) is 0 Å². The first kappa shape index (κ1) is 12.0. The molecule has 2 heteroatoms. The van der Waals surface area contributed by atoms with Gasteiger partial charge in [-0.25, -0.2) is 0 Å². The Kier molecular flexibility index (Phi) is 6.20. The van der Waals surface area contributed by atoms with E-state index in [0.717, 1.165) is 25.2 Å². The monoisotopic (exact) mass is 199 g/mol. The Balaban J connectivity index is 2.28. The average Bonchev–Trinajstić information content (AvgIpc) is 2.43. The van der Waals surface area contributed by atoms with Crippen molar-refractivity contribution >= 4 is 0 Å². The molecule has 0 radical (unpaired) electrons. The summed E-state index contributed by atoms with van der Waals surface area (Å²) < 4.78 is 5.44. The number of ether oxygens (including phenoxy) is 1. The molecule has 2 atom stereocenters. The molecule has 1 aliphatic carbocycles. The summed E-state index contributed by atoms with van der Waals surface area (Å²) in [6.07, 6.45) is 8.21. The minimum absolute atomic E-state index is 0.734. The second-order valence-electron chi connectivity index (χ2n) is 4.28. The summed E-state index contributed by atoms with van der Waals surface area (Å²) in [6.45, 7) is 3.87. The Morgan fingerprint density at radius 1 is 1.21 bits per heavy atom. The van der Waals surface area contributed by atoms with Gasteiger partial charge in [-0.05, 0) is 39.2 Å². The Morgan fingerprint density at radius 2 is 2.00 bits per heavy atom. The molecular formula is C12H25NO. The van der Waals surface area contributed by atoms with Gasteiger partial charge in [0.25, 0.3) is 0 Å². The van der Waals surface area contributed by atoms with E-state index >= 15 is 0 Å². The number of nitrogens with one attached hydrogen (secondary N) is 1. The van der Waals surface area contributed by atoms with E-state index in [1.54, 1.807) is 0 Å². The SMILES string of the molecule is CCOCCC1CCCCCC1NC. The van der Waals surface area contributed by atoms with Crippen molar-refractivity contribution in [2.45, 2.75) is 51.5 Å². The number of rotatable bonds is 5. The lowest BCUT2D eigenvalue weighted by atomic mass is 9.92. The van der Waals surface area contributed by atoms with E-state index in [4.69, 9.17) is 4.74 Å². The Morgan fingerprint density at radius 3 is 2.71 bits per heavy atom. The molecule has 1 N–H and O–H groups in total. The van der Waals surface area contributed by atoms with Crippen molar-refractivity contribution in [1.29, 1.82) is 0 Å². The summed E-state index contributed by atoms with van der Waals surface area (Å²) in [7, 11) is 2.10. The first-order valence-corrected chi connectivity index (χ1v) is 6.13. The van der Waals surface area contributed by atoms with Gasteiger partial charge >= 0.3 is 0 Å². The van der Waals surface area contributed by atoms with Gasteiger partial charge < -0.3 is 10.1 Å². The first-order chi connectivity index (χ1) is 6.88. The highest BCUT2D eigenvalue weighted by molar-refractivity contribution is 4.78. The minimum atomic E-state index is 0.734. The van der Waals surface area contributed by atoms with Gasteiger partial charge in [0.15, 0.2) is 0 Å². The fourth-order valence-corrected chi connectivity index (χ4v) is 2.49. The summed E-state index contributed by atoms with van der Waals surface area (Å²) >= 11 is 0. The van der Waals surface area contributed by atoms with Crippen LogP contribution in [0.3, 0.4) is 0 Å². The summed E-state index contributed by atoms with van der Waals surface area (Å²) in [6, 6.07) is 0.734. The van der Waals surface area contributed by atoms with Gasteiger partial charge in [0.2, 0.25) is 0 Å². The highest BCUT2D eigenvalue weighted by Gasteiger charge is 2.21. The molecule has 0 bridgehead atoms. The lowest BCUT2D eigenvalue weighted by Gasteiger charge is -2.24. The molecule has 0 aromatic heterocycles.